The highest BCUT2D eigenvalue weighted by Crippen LogP contribution is 2.31. The fourth-order valence-corrected chi connectivity index (χ4v) is 3.35. The summed E-state index contributed by atoms with van der Waals surface area (Å²) in [5, 5.41) is 8.00. The Bertz CT molecular complexity index is 782. The monoisotopic (exact) mass is 350 g/mol. The lowest BCUT2D eigenvalue weighted by atomic mass is 9.99. The molecule has 1 saturated heterocycles. The van der Waals surface area contributed by atoms with Gasteiger partial charge in [0.1, 0.15) is 5.75 Å². The first-order chi connectivity index (χ1) is 12.1. The molecule has 0 spiro atoms. The lowest BCUT2D eigenvalue weighted by molar-refractivity contribution is -0.0606. The third kappa shape index (κ3) is 3.07. The number of carbonyl (C=O) groups is 1. The SMILES string of the molecule is O=C(c1cccc(OC(F)F)c1)N1CC[C@@H]2OCc3cnnn3[C@H]2C1. The number of alkyl halides is 2. The van der Waals surface area contributed by atoms with Crippen LogP contribution in [-0.2, 0) is 11.3 Å². The summed E-state index contributed by atoms with van der Waals surface area (Å²) in [6.07, 6.45) is 2.33. The lowest BCUT2D eigenvalue weighted by Gasteiger charge is -2.41. The number of amides is 1. The molecule has 132 valence electrons. The molecule has 2 aliphatic heterocycles. The first-order valence-corrected chi connectivity index (χ1v) is 7.96. The molecule has 1 fully saturated rings. The second-order valence-electron chi connectivity index (χ2n) is 6.03. The highest BCUT2D eigenvalue weighted by atomic mass is 19.3. The maximum atomic E-state index is 12.8. The maximum Gasteiger partial charge on any atom is 0.387 e. The topological polar surface area (TPSA) is 69.5 Å². The Kier molecular flexibility index (Phi) is 4.08. The number of ether oxygens (including phenoxy) is 2. The van der Waals surface area contributed by atoms with E-state index in [4.69, 9.17) is 4.74 Å². The number of hydrogen-bond acceptors (Lipinski definition) is 5. The minimum Gasteiger partial charge on any atom is -0.435 e. The van der Waals surface area contributed by atoms with E-state index in [1.165, 1.54) is 18.2 Å². The van der Waals surface area contributed by atoms with E-state index in [0.717, 1.165) is 5.69 Å². The molecule has 0 aliphatic carbocycles. The van der Waals surface area contributed by atoms with Crippen molar-refractivity contribution in [3.8, 4) is 5.75 Å². The number of nitrogens with zero attached hydrogens (tertiary/aromatic N) is 4. The summed E-state index contributed by atoms with van der Waals surface area (Å²) >= 11 is 0. The van der Waals surface area contributed by atoms with Crippen molar-refractivity contribution in [1.82, 2.24) is 19.9 Å². The van der Waals surface area contributed by atoms with Gasteiger partial charge in [0.2, 0.25) is 0 Å². The molecule has 1 amide bonds. The van der Waals surface area contributed by atoms with Crippen molar-refractivity contribution in [1.29, 1.82) is 0 Å². The summed E-state index contributed by atoms with van der Waals surface area (Å²) in [6, 6.07) is 5.75. The molecule has 0 bridgehead atoms. The Balaban J connectivity index is 1.52. The van der Waals surface area contributed by atoms with E-state index in [1.54, 1.807) is 17.2 Å². The van der Waals surface area contributed by atoms with Gasteiger partial charge < -0.3 is 14.4 Å². The van der Waals surface area contributed by atoms with Crippen molar-refractivity contribution in [2.75, 3.05) is 13.1 Å². The van der Waals surface area contributed by atoms with Gasteiger partial charge in [-0.1, -0.05) is 11.3 Å². The number of aromatic nitrogens is 3. The predicted octanol–water partition coefficient (Wildman–Crippen LogP) is 1.87. The van der Waals surface area contributed by atoms with Crippen LogP contribution in [0.4, 0.5) is 8.78 Å². The third-order valence-corrected chi connectivity index (χ3v) is 4.52. The molecule has 7 nitrogen and oxygen atoms in total. The summed E-state index contributed by atoms with van der Waals surface area (Å²) in [6.45, 7) is -1.50. The molecule has 1 aromatic carbocycles. The van der Waals surface area contributed by atoms with E-state index in [-0.39, 0.29) is 23.8 Å². The summed E-state index contributed by atoms with van der Waals surface area (Å²) in [5.41, 5.74) is 1.19. The van der Waals surface area contributed by atoms with E-state index in [1.807, 2.05) is 4.68 Å². The molecular weight excluding hydrogens is 334 g/mol. The van der Waals surface area contributed by atoms with Crippen molar-refractivity contribution in [2.45, 2.75) is 31.8 Å². The zero-order valence-electron chi connectivity index (χ0n) is 13.2. The number of likely N-dealkylation sites (tertiary alicyclic amines) is 1. The first kappa shape index (κ1) is 15.9. The van der Waals surface area contributed by atoms with Gasteiger partial charge >= 0.3 is 6.61 Å². The van der Waals surface area contributed by atoms with E-state index >= 15 is 0 Å². The van der Waals surface area contributed by atoms with Crippen LogP contribution in [0.1, 0.15) is 28.5 Å². The zero-order valence-corrected chi connectivity index (χ0v) is 13.2. The van der Waals surface area contributed by atoms with Gasteiger partial charge in [-0.3, -0.25) is 4.79 Å². The minimum atomic E-state index is -2.92. The third-order valence-electron chi connectivity index (χ3n) is 4.52. The fourth-order valence-electron chi connectivity index (χ4n) is 3.35. The molecule has 1 aromatic heterocycles. The highest BCUT2D eigenvalue weighted by molar-refractivity contribution is 5.94. The summed E-state index contributed by atoms with van der Waals surface area (Å²) in [4.78, 5) is 14.4. The molecule has 9 heteroatoms. The molecule has 2 atom stereocenters. The fraction of sp³-hybridized carbons (Fsp3) is 0.438. The summed E-state index contributed by atoms with van der Waals surface area (Å²) < 4.78 is 36.7. The average Bonchev–Trinajstić information content (AvgIpc) is 3.09. The number of benzene rings is 1. The van der Waals surface area contributed by atoms with Gasteiger partial charge in [0, 0.05) is 18.7 Å². The standard InChI is InChI=1S/C16H16F2N4O3/c17-16(18)25-12-3-1-2-10(6-12)15(23)21-5-4-14-13(8-21)22-11(9-24-14)7-19-20-22/h1-3,6-7,13-14,16H,4-5,8-9H2/t13-,14-/m0/s1. The Labute approximate surface area is 142 Å². The van der Waals surface area contributed by atoms with Crippen molar-refractivity contribution in [2.24, 2.45) is 0 Å². The van der Waals surface area contributed by atoms with Gasteiger partial charge in [0.25, 0.3) is 5.91 Å². The molecular formula is C16H16F2N4O3. The number of hydrogen-bond donors (Lipinski definition) is 0. The maximum absolute atomic E-state index is 12.8. The molecule has 0 radical (unpaired) electrons. The number of halogens is 2. The van der Waals surface area contributed by atoms with Crippen molar-refractivity contribution < 1.29 is 23.0 Å². The molecule has 25 heavy (non-hydrogen) atoms. The Morgan fingerprint density at radius 3 is 3.12 bits per heavy atom. The number of fused-ring (bicyclic) bond motifs is 3. The van der Waals surface area contributed by atoms with Gasteiger partial charge in [-0.25, -0.2) is 4.68 Å². The van der Waals surface area contributed by atoms with Gasteiger partial charge in [-0.2, -0.15) is 8.78 Å². The van der Waals surface area contributed by atoms with Crippen LogP contribution in [0.2, 0.25) is 0 Å². The van der Waals surface area contributed by atoms with Crippen LogP contribution in [0.5, 0.6) is 5.75 Å². The number of rotatable bonds is 3. The molecule has 0 saturated carbocycles. The van der Waals surface area contributed by atoms with Crippen LogP contribution < -0.4 is 4.74 Å². The van der Waals surface area contributed by atoms with Crippen LogP contribution in [0, 0.1) is 0 Å². The lowest BCUT2D eigenvalue weighted by Crippen LogP contribution is -2.49. The normalized spacial score (nSPS) is 22.4. The van der Waals surface area contributed by atoms with E-state index in [2.05, 4.69) is 15.0 Å². The quantitative estimate of drug-likeness (QED) is 0.845. The van der Waals surface area contributed by atoms with Crippen molar-refractivity contribution >= 4 is 5.91 Å². The van der Waals surface area contributed by atoms with Gasteiger partial charge in [-0.15, -0.1) is 5.10 Å². The predicted molar refractivity (Wildman–Crippen MR) is 81.2 cm³/mol. The van der Waals surface area contributed by atoms with E-state index in [0.29, 0.717) is 31.7 Å². The van der Waals surface area contributed by atoms with Gasteiger partial charge in [0.05, 0.1) is 30.6 Å². The summed E-state index contributed by atoms with van der Waals surface area (Å²) in [5.74, 6) is -0.263. The minimum absolute atomic E-state index is 0.00764. The van der Waals surface area contributed by atoms with Crippen LogP contribution in [0.15, 0.2) is 30.5 Å². The van der Waals surface area contributed by atoms with E-state index < -0.39 is 6.61 Å². The first-order valence-electron chi connectivity index (χ1n) is 7.96. The van der Waals surface area contributed by atoms with Gasteiger partial charge in [0.15, 0.2) is 0 Å². The molecule has 2 aromatic rings. The molecule has 0 N–H and O–H groups in total. The van der Waals surface area contributed by atoms with Crippen LogP contribution in [0.3, 0.4) is 0 Å². The second kappa shape index (κ2) is 6.40. The number of carbonyl (C=O) groups excluding carboxylic acids is 1. The second-order valence-corrected chi connectivity index (χ2v) is 6.03. The Morgan fingerprint density at radius 1 is 1.40 bits per heavy atom. The zero-order chi connectivity index (χ0) is 17.4. The highest BCUT2D eigenvalue weighted by Gasteiger charge is 2.38. The average molecular weight is 350 g/mol. The molecule has 0 unspecified atom stereocenters. The smallest absolute Gasteiger partial charge is 0.387 e. The molecule has 2 aliphatic rings. The number of piperidine rings is 1. The largest absolute Gasteiger partial charge is 0.435 e. The van der Waals surface area contributed by atoms with Crippen molar-refractivity contribution in [3.63, 3.8) is 0 Å². The van der Waals surface area contributed by atoms with Crippen LogP contribution in [-0.4, -0.2) is 51.6 Å². The summed E-state index contributed by atoms with van der Waals surface area (Å²) in [7, 11) is 0. The molecule has 3 heterocycles. The Morgan fingerprint density at radius 2 is 2.28 bits per heavy atom. The Hall–Kier alpha value is -2.55. The van der Waals surface area contributed by atoms with Gasteiger partial charge in [-0.05, 0) is 24.6 Å². The van der Waals surface area contributed by atoms with Crippen LogP contribution in [0.25, 0.3) is 0 Å². The molecule has 4 rings (SSSR count). The van der Waals surface area contributed by atoms with Crippen LogP contribution >= 0.6 is 0 Å². The van der Waals surface area contributed by atoms with Crippen molar-refractivity contribution in [3.05, 3.63) is 41.7 Å². The van der Waals surface area contributed by atoms with E-state index in [9.17, 15) is 13.6 Å².